The molecule has 1 aromatic rings. The van der Waals surface area contributed by atoms with E-state index in [1.54, 1.807) is 0 Å². The molecule has 0 aliphatic carbocycles. The Hall–Kier alpha value is -2.05. The summed E-state index contributed by atoms with van der Waals surface area (Å²) in [6.45, 7) is 0.651. The van der Waals surface area contributed by atoms with Crippen LogP contribution in [-0.4, -0.2) is 35.0 Å². The van der Waals surface area contributed by atoms with E-state index in [1.807, 2.05) is 0 Å². The van der Waals surface area contributed by atoms with Crippen molar-refractivity contribution in [3.8, 4) is 0 Å². The summed E-state index contributed by atoms with van der Waals surface area (Å²) in [4.78, 5) is 24.6. The Morgan fingerprint density at radius 1 is 1.23 bits per heavy atom. The van der Waals surface area contributed by atoms with Gasteiger partial charge in [-0.1, -0.05) is 12.1 Å². The molecule has 120 valence electrons. The molecule has 0 spiro atoms. The molecule has 1 unspecified atom stereocenters. The van der Waals surface area contributed by atoms with Gasteiger partial charge in [-0.3, -0.25) is 9.59 Å². The van der Waals surface area contributed by atoms with Crippen LogP contribution in [0.1, 0.15) is 24.0 Å². The first-order chi connectivity index (χ1) is 10.3. The topological polar surface area (TPSA) is 57.6 Å². The number of aliphatic carboxylic acids is 1. The summed E-state index contributed by atoms with van der Waals surface area (Å²) in [5.41, 5.74) is -0.275. The molecule has 1 heterocycles. The lowest BCUT2D eigenvalue weighted by Crippen LogP contribution is -2.42. The number of halogens is 3. The van der Waals surface area contributed by atoms with Gasteiger partial charge in [0.15, 0.2) is 0 Å². The minimum atomic E-state index is -4.40. The molecule has 1 aliphatic heterocycles. The molecule has 1 aromatic carbocycles. The highest BCUT2D eigenvalue weighted by Crippen LogP contribution is 2.29. The van der Waals surface area contributed by atoms with Crippen molar-refractivity contribution >= 4 is 11.9 Å². The Morgan fingerprint density at radius 2 is 1.86 bits per heavy atom. The van der Waals surface area contributed by atoms with Gasteiger partial charge < -0.3 is 10.0 Å². The lowest BCUT2D eigenvalue weighted by Gasteiger charge is -2.30. The highest BCUT2D eigenvalue weighted by atomic mass is 19.4. The minimum absolute atomic E-state index is 0.0233. The normalized spacial score (nSPS) is 19.0. The average molecular weight is 315 g/mol. The molecule has 7 heteroatoms. The van der Waals surface area contributed by atoms with Crippen LogP contribution in [0.15, 0.2) is 24.3 Å². The van der Waals surface area contributed by atoms with E-state index in [4.69, 9.17) is 5.11 Å². The van der Waals surface area contributed by atoms with Crippen molar-refractivity contribution in [2.45, 2.75) is 25.4 Å². The van der Waals surface area contributed by atoms with Crippen LogP contribution in [0, 0.1) is 5.92 Å². The Balaban J connectivity index is 1.98. The van der Waals surface area contributed by atoms with Crippen molar-refractivity contribution in [2.75, 3.05) is 13.1 Å². The number of carboxylic acid groups (broad SMARTS) is 1. The standard InChI is InChI=1S/C15H16F3NO3/c16-15(17,18)12-5-3-10(4-6-12)8-13(20)19-7-1-2-11(9-19)14(21)22/h3-6,11H,1-2,7-9H2,(H,21,22). The van der Waals surface area contributed by atoms with Crippen LogP contribution in [0.5, 0.6) is 0 Å². The third kappa shape index (κ3) is 3.99. The van der Waals surface area contributed by atoms with E-state index in [-0.39, 0.29) is 18.9 Å². The largest absolute Gasteiger partial charge is 0.481 e. The van der Waals surface area contributed by atoms with E-state index in [0.717, 1.165) is 12.1 Å². The van der Waals surface area contributed by atoms with Crippen molar-refractivity contribution in [1.29, 1.82) is 0 Å². The zero-order chi connectivity index (χ0) is 16.3. The Labute approximate surface area is 125 Å². The predicted molar refractivity (Wildman–Crippen MR) is 72.1 cm³/mol. The van der Waals surface area contributed by atoms with Crippen molar-refractivity contribution in [3.63, 3.8) is 0 Å². The van der Waals surface area contributed by atoms with Crippen LogP contribution >= 0.6 is 0 Å². The number of carbonyl (C=O) groups is 2. The lowest BCUT2D eigenvalue weighted by molar-refractivity contribution is -0.145. The summed E-state index contributed by atoms with van der Waals surface area (Å²) in [5.74, 6) is -1.75. The molecule has 1 aliphatic rings. The van der Waals surface area contributed by atoms with E-state index >= 15 is 0 Å². The van der Waals surface area contributed by atoms with Crippen LogP contribution in [0.4, 0.5) is 13.2 Å². The van der Waals surface area contributed by atoms with Crippen LogP contribution in [-0.2, 0) is 22.2 Å². The van der Waals surface area contributed by atoms with Crippen molar-refractivity contribution in [1.82, 2.24) is 4.90 Å². The number of rotatable bonds is 3. The number of benzene rings is 1. The van der Waals surface area contributed by atoms with Crippen LogP contribution in [0.3, 0.4) is 0 Å². The highest BCUT2D eigenvalue weighted by Gasteiger charge is 2.30. The summed E-state index contributed by atoms with van der Waals surface area (Å²) in [6.07, 6.45) is -3.26. The summed E-state index contributed by atoms with van der Waals surface area (Å²) in [7, 11) is 0. The summed E-state index contributed by atoms with van der Waals surface area (Å²) < 4.78 is 37.4. The molecule has 0 saturated carbocycles. The van der Waals surface area contributed by atoms with Gasteiger partial charge >= 0.3 is 12.1 Å². The third-order valence-electron chi connectivity index (χ3n) is 3.76. The first-order valence-electron chi connectivity index (χ1n) is 6.94. The molecule has 0 radical (unpaired) electrons. The molecule has 2 rings (SSSR count). The van der Waals surface area contributed by atoms with Gasteiger partial charge in [0.2, 0.25) is 5.91 Å². The van der Waals surface area contributed by atoms with Crippen LogP contribution in [0.2, 0.25) is 0 Å². The molecule has 0 bridgehead atoms. The zero-order valence-electron chi connectivity index (χ0n) is 11.8. The molecule has 1 saturated heterocycles. The van der Waals surface area contributed by atoms with Crippen molar-refractivity contribution < 1.29 is 27.9 Å². The molecular formula is C15H16F3NO3. The van der Waals surface area contributed by atoms with Crippen molar-refractivity contribution in [3.05, 3.63) is 35.4 Å². The fourth-order valence-electron chi connectivity index (χ4n) is 2.50. The maximum Gasteiger partial charge on any atom is 0.416 e. The number of amides is 1. The van der Waals surface area contributed by atoms with Gasteiger partial charge in [0.25, 0.3) is 0 Å². The van der Waals surface area contributed by atoms with Gasteiger partial charge in [-0.15, -0.1) is 0 Å². The number of carboxylic acids is 1. The van der Waals surface area contributed by atoms with Gasteiger partial charge in [-0.25, -0.2) is 0 Å². The van der Waals surface area contributed by atoms with Crippen molar-refractivity contribution in [2.24, 2.45) is 5.92 Å². The quantitative estimate of drug-likeness (QED) is 0.932. The summed E-state index contributed by atoms with van der Waals surface area (Å²) in [6, 6.07) is 4.44. The smallest absolute Gasteiger partial charge is 0.416 e. The van der Waals surface area contributed by atoms with Gasteiger partial charge in [0, 0.05) is 13.1 Å². The molecule has 1 N–H and O–H groups in total. The summed E-state index contributed by atoms with van der Waals surface area (Å²) in [5, 5.41) is 8.99. The number of alkyl halides is 3. The zero-order valence-corrected chi connectivity index (χ0v) is 11.8. The molecule has 0 aromatic heterocycles. The molecule has 4 nitrogen and oxygen atoms in total. The van der Waals surface area contributed by atoms with Gasteiger partial charge in [0.1, 0.15) is 0 Å². The Kier molecular flexibility index (Phi) is 4.73. The fourth-order valence-corrected chi connectivity index (χ4v) is 2.50. The van der Waals surface area contributed by atoms with Gasteiger partial charge in [-0.05, 0) is 30.5 Å². The highest BCUT2D eigenvalue weighted by molar-refractivity contribution is 5.80. The van der Waals surface area contributed by atoms with Crippen LogP contribution in [0.25, 0.3) is 0 Å². The lowest BCUT2D eigenvalue weighted by atomic mass is 9.97. The number of piperidine rings is 1. The first kappa shape index (κ1) is 16.3. The first-order valence-corrected chi connectivity index (χ1v) is 6.94. The molecule has 1 fully saturated rings. The van der Waals surface area contributed by atoms with E-state index in [0.29, 0.717) is 24.9 Å². The monoisotopic (exact) mass is 315 g/mol. The second-order valence-electron chi connectivity index (χ2n) is 5.39. The maximum atomic E-state index is 12.5. The second kappa shape index (κ2) is 6.37. The fraction of sp³-hybridized carbons (Fsp3) is 0.467. The van der Waals surface area contributed by atoms with E-state index < -0.39 is 23.6 Å². The number of carbonyl (C=O) groups excluding carboxylic acids is 1. The minimum Gasteiger partial charge on any atom is -0.481 e. The van der Waals surface area contributed by atoms with E-state index in [9.17, 15) is 22.8 Å². The van der Waals surface area contributed by atoms with E-state index in [1.165, 1.54) is 17.0 Å². The van der Waals surface area contributed by atoms with Gasteiger partial charge in [-0.2, -0.15) is 13.2 Å². The van der Waals surface area contributed by atoms with Gasteiger partial charge in [0.05, 0.1) is 17.9 Å². The number of likely N-dealkylation sites (tertiary alicyclic amines) is 1. The third-order valence-corrected chi connectivity index (χ3v) is 3.76. The predicted octanol–water partition coefficient (Wildman–Crippen LogP) is 2.57. The second-order valence-corrected chi connectivity index (χ2v) is 5.39. The number of nitrogens with zero attached hydrogens (tertiary/aromatic N) is 1. The Morgan fingerprint density at radius 3 is 2.41 bits per heavy atom. The Bertz CT molecular complexity index is 554. The molecular weight excluding hydrogens is 299 g/mol. The average Bonchev–Trinajstić information content (AvgIpc) is 2.47. The number of hydrogen-bond acceptors (Lipinski definition) is 2. The van der Waals surface area contributed by atoms with E-state index in [2.05, 4.69) is 0 Å². The SMILES string of the molecule is O=C(O)C1CCCN(C(=O)Cc2ccc(C(F)(F)F)cc2)C1. The van der Waals surface area contributed by atoms with Crippen LogP contribution < -0.4 is 0 Å². The molecule has 1 amide bonds. The summed E-state index contributed by atoms with van der Waals surface area (Å²) >= 11 is 0. The molecule has 22 heavy (non-hydrogen) atoms. The maximum absolute atomic E-state index is 12.5. The number of hydrogen-bond donors (Lipinski definition) is 1. The molecule has 1 atom stereocenters.